The summed E-state index contributed by atoms with van der Waals surface area (Å²) in [6, 6.07) is 6.38. The molecule has 1 atom stereocenters. The number of aliphatic carboxylic acids is 1. The summed E-state index contributed by atoms with van der Waals surface area (Å²) in [5.41, 5.74) is 0.528. The van der Waals surface area contributed by atoms with Gasteiger partial charge in [-0.3, -0.25) is 4.79 Å². The molecule has 0 bridgehead atoms. The van der Waals surface area contributed by atoms with E-state index in [0.29, 0.717) is 5.56 Å². The fourth-order valence-electron chi connectivity index (χ4n) is 1.68. The first-order valence-electron chi connectivity index (χ1n) is 5.38. The molecular formula is C12H12INO3. The Labute approximate surface area is 113 Å². The second-order valence-corrected chi connectivity index (χ2v) is 5.27. The van der Waals surface area contributed by atoms with Gasteiger partial charge in [0.1, 0.15) is 6.04 Å². The lowest BCUT2D eigenvalue weighted by molar-refractivity contribution is -0.139. The van der Waals surface area contributed by atoms with Crippen LogP contribution in [0.5, 0.6) is 0 Å². The van der Waals surface area contributed by atoms with Crippen molar-refractivity contribution < 1.29 is 14.7 Å². The van der Waals surface area contributed by atoms with Crippen molar-refractivity contribution in [2.24, 2.45) is 5.92 Å². The van der Waals surface area contributed by atoms with E-state index in [2.05, 4.69) is 27.9 Å². The predicted molar refractivity (Wildman–Crippen MR) is 70.8 cm³/mol. The zero-order valence-corrected chi connectivity index (χ0v) is 11.2. The van der Waals surface area contributed by atoms with Crippen LogP contribution in [0.4, 0.5) is 0 Å². The minimum atomic E-state index is -0.952. The Kier molecular flexibility index (Phi) is 3.66. The van der Waals surface area contributed by atoms with E-state index in [4.69, 9.17) is 5.11 Å². The Hall–Kier alpha value is -1.11. The maximum atomic E-state index is 11.9. The Bertz CT molecular complexity index is 457. The van der Waals surface area contributed by atoms with Gasteiger partial charge < -0.3 is 10.4 Å². The molecule has 1 unspecified atom stereocenters. The smallest absolute Gasteiger partial charge is 0.326 e. The van der Waals surface area contributed by atoms with E-state index in [9.17, 15) is 9.59 Å². The molecule has 1 aliphatic carbocycles. The van der Waals surface area contributed by atoms with Gasteiger partial charge in [0.2, 0.25) is 0 Å². The summed E-state index contributed by atoms with van der Waals surface area (Å²) in [4.78, 5) is 22.9. The van der Waals surface area contributed by atoms with Crippen molar-refractivity contribution in [3.05, 3.63) is 33.4 Å². The maximum absolute atomic E-state index is 11.9. The van der Waals surface area contributed by atoms with E-state index in [1.54, 1.807) is 12.1 Å². The van der Waals surface area contributed by atoms with Crippen LogP contribution in [0, 0.1) is 9.49 Å². The monoisotopic (exact) mass is 345 g/mol. The van der Waals surface area contributed by atoms with Crippen LogP contribution < -0.4 is 5.32 Å². The first-order chi connectivity index (χ1) is 8.09. The first kappa shape index (κ1) is 12.3. The summed E-state index contributed by atoms with van der Waals surface area (Å²) >= 11 is 2.06. The number of benzene rings is 1. The predicted octanol–water partition coefficient (Wildman–Crippen LogP) is 1.88. The highest BCUT2D eigenvalue weighted by molar-refractivity contribution is 14.1. The number of nitrogens with one attached hydrogen (secondary N) is 1. The molecule has 17 heavy (non-hydrogen) atoms. The number of carboxylic acid groups (broad SMARTS) is 1. The molecule has 5 heteroatoms. The molecule has 0 saturated heterocycles. The van der Waals surface area contributed by atoms with Crippen molar-refractivity contribution in [1.29, 1.82) is 0 Å². The van der Waals surface area contributed by atoms with E-state index >= 15 is 0 Å². The summed E-state index contributed by atoms with van der Waals surface area (Å²) in [5, 5.41) is 11.6. The van der Waals surface area contributed by atoms with Crippen LogP contribution in [0.2, 0.25) is 0 Å². The normalized spacial score (nSPS) is 16.3. The standard InChI is InChI=1S/C12H12INO3/c13-9-4-2-1-3-8(9)11(15)14-10(12(16)17)7-5-6-7/h1-4,7,10H,5-6H2,(H,14,15)(H,16,17). The number of carbonyl (C=O) groups excluding carboxylic acids is 1. The average molecular weight is 345 g/mol. The van der Waals surface area contributed by atoms with Gasteiger partial charge >= 0.3 is 5.97 Å². The molecule has 1 saturated carbocycles. The Morgan fingerprint density at radius 2 is 2.00 bits per heavy atom. The Morgan fingerprint density at radius 1 is 1.35 bits per heavy atom. The van der Waals surface area contributed by atoms with Gasteiger partial charge in [0.25, 0.3) is 5.91 Å². The van der Waals surface area contributed by atoms with Crippen LogP contribution in [-0.4, -0.2) is 23.0 Å². The zero-order valence-electron chi connectivity index (χ0n) is 9.02. The molecule has 0 spiro atoms. The number of rotatable bonds is 4. The minimum absolute atomic E-state index is 0.0952. The van der Waals surface area contributed by atoms with Gasteiger partial charge in [0, 0.05) is 3.57 Å². The van der Waals surface area contributed by atoms with E-state index in [-0.39, 0.29) is 11.8 Å². The molecule has 0 aliphatic heterocycles. The average Bonchev–Trinajstić information content (AvgIpc) is 3.09. The number of hydrogen-bond donors (Lipinski definition) is 2. The second-order valence-electron chi connectivity index (χ2n) is 4.11. The molecule has 2 N–H and O–H groups in total. The molecule has 1 aromatic carbocycles. The van der Waals surface area contributed by atoms with Gasteiger partial charge in [-0.25, -0.2) is 4.79 Å². The fraction of sp³-hybridized carbons (Fsp3) is 0.333. The molecular weight excluding hydrogens is 333 g/mol. The van der Waals surface area contributed by atoms with Crippen molar-refractivity contribution in [2.75, 3.05) is 0 Å². The van der Waals surface area contributed by atoms with Crippen molar-refractivity contribution in [2.45, 2.75) is 18.9 Å². The largest absolute Gasteiger partial charge is 0.480 e. The highest BCUT2D eigenvalue weighted by atomic mass is 127. The van der Waals surface area contributed by atoms with E-state index in [0.717, 1.165) is 16.4 Å². The minimum Gasteiger partial charge on any atom is -0.480 e. The zero-order chi connectivity index (χ0) is 12.4. The summed E-state index contributed by atoms with van der Waals surface area (Å²) in [6.45, 7) is 0. The van der Waals surface area contributed by atoms with E-state index in [1.165, 1.54) is 0 Å². The third-order valence-corrected chi connectivity index (χ3v) is 3.71. The summed E-state index contributed by atoms with van der Waals surface area (Å²) in [6.07, 6.45) is 1.76. The summed E-state index contributed by atoms with van der Waals surface area (Å²) in [7, 11) is 0. The molecule has 1 aromatic rings. The number of halogens is 1. The molecule has 0 heterocycles. The second kappa shape index (κ2) is 5.03. The lowest BCUT2D eigenvalue weighted by atomic mass is 10.1. The molecule has 4 nitrogen and oxygen atoms in total. The Morgan fingerprint density at radius 3 is 2.53 bits per heavy atom. The fourth-order valence-corrected chi connectivity index (χ4v) is 2.31. The molecule has 2 rings (SSSR count). The summed E-state index contributed by atoms with van der Waals surface area (Å²) in [5.74, 6) is -1.17. The molecule has 1 aliphatic rings. The van der Waals surface area contributed by atoms with Crippen molar-refractivity contribution in [3.8, 4) is 0 Å². The van der Waals surface area contributed by atoms with Crippen molar-refractivity contribution in [1.82, 2.24) is 5.32 Å². The Balaban J connectivity index is 2.10. The maximum Gasteiger partial charge on any atom is 0.326 e. The number of carboxylic acids is 1. The lowest BCUT2D eigenvalue weighted by Gasteiger charge is -2.14. The molecule has 1 amide bonds. The van der Waals surface area contributed by atoms with E-state index < -0.39 is 12.0 Å². The number of carbonyl (C=O) groups is 2. The van der Waals surface area contributed by atoms with Gasteiger partial charge in [-0.15, -0.1) is 0 Å². The third-order valence-electron chi connectivity index (χ3n) is 2.76. The van der Waals surface area contributed by atoms with Gasteiger partial charge in [0.05, 0.1) is 5.56 Å². The van der Waals surface area contributed by atoms with Crippen LogP contribution in [-0.2, 0) is 4.79 Å². The SMILES string of the molecule is O=C(NC(C(=O)O)C1CC1)c1ccccc1I. The van der Waals surface area contributed by atoms with Crippen LogP contribution in [0.25, 0.3) is 0 Å². The lowest BCUT2D eigenvalue weighted by Crippen LogP contribution is -2.42. The molecule has 0 radical (unpaired) electrons. The van der Waals surface area contributed by atoms with Crippen LogP contribution in [0.1, 0.15) is 23.2 Å². The highest BCUT2D eigenvalue weighted by Gasteiger charge is 2.37. The topological polar surface area (TPSA) is 66.4 Å². The van der Waals surface area contributed by atoms with Gasteiger partial charge in [-0.1, -0.05) is 12.1 Å². The number of hydrogen-bond acceptors (Lipinski definition) is 2. The third kappa shape index (κ3) is 2.96. The van der Waals surface area contributed by atoms with Gasteiger partial charge in [-0.2, -0.15) is 0 Å². The van der Waals surface area contributed by atoms with Gasteiger partial charge in [-0.05, 0) is 53.5 Å². The van der Waals surface area contributed by atoms with Crippen molar-refractivity contribution in [3.63, 3.8) is 0 Å². The molecule has 90 valence electrons. The quantitative estimate of drug-likeness (QED) is 0.819. The summed E-state index contributed by atoms with van der Waals surface area (Å²) < 4.78 is 0.822. The van der Waals surface area contributed by atoms with E-state index in [1.807, 2.05) is 12.1 Å². The molecule has 1 fully saturated rings. The van der Waals surface area contributed by atoms with Crippen LogP contribution >= 0.6 is 22.6 Å². The van der Waals surface area contributed by atoms with Crippen molar-refractivity contribution >= 4 is 34.5 Å². The number of amides is 1. The van der Waals surface area contributed by atoms with Gasteiger partial charge in [0.15, 0.2) is 0 Å². The first-order valence-corrected chi connectivity index (χ1v) is 6.45. The van der Waals surface area contributed by atoms with Crippen LogP contribution in [0.15, 0.2) is 24.3 Å². The molecule has 0 aromatic heterocycles. The van der Waals surface area contributed by atoms with Crippen LogP contribution in [0.3, 0.4) is 0 Å². The highest BCUT2D eigenvalue weighted by Crippen LogP contribution is 2.32.